The lowest BCUT2D eigenvalue weighted by molar-refractivity contribution is -0.116. The summed E-state index contributed by atoms with van der Waals surface area (Å²) in [7, 11) is 1.67. The predicted molar refractivity (Wildman–Crippen MR) is 139 cm³/mol. The van der Waals surface area contributed by atoms with Crippen molar-refractivity contribution in [3.05, 3.63) is 46.4 Å². The molecule has 9 nitrogen and oxygen atoms in total. The highest BCUT2D eigenvalue weighted by atomic mass is 16.5. The Hall–Kier alpha value is -3.33. The van der Waals surface area contributed by atoms with Crippen molar-refractivity contribution < 1.29 is 9.53 Å². The fraction of sp³-hybridized carbons (Fsp3) is 0.500. The van der Waals surface area contributed by atoms with Gasteiger partial charge in [-0.15, -0.1) is 0 Å². The first kappa shape index (κ1) is 24.8. The summed E-state index contributed by atoms with van der Waals surface area (Å²) in [6.07, 6.45) is 7.68. The first-order valence-corrected chi connectivity index (χ1v) is 12.6. The van der Waals surface area contributed by atoms with E-state index in [4.69, 9.17) is 4.74 Å². The molecule has 0 spiro atoms. The van der Waals surface area contributed by atoms with Crippen molar-refractivity contribution in [2.75, 3.05) is 43.5 Å². The molecule has 1 saturated heterocycles. The van der Waals surface area contributed by atoms with Crippen LogP contribution in [-0.4, -0.2) is 59.0 Å². The molecule has 1 aliphatic heterocycles. The third kappa shape index (κ3) is 6.42. The van der Waals surface area contributed by atoms with Crippen LogP contribution in [0.1, 0.15) is 51.0 Å². The lowest BCUT2D eigenvalue weighted by atomic mass is 10.1. The van der Waals surface area contributed by atoms with Gasteiger partial charge in [-0.05, 0) is 36.2 Å². The maximum absolute atomic E-state index is 12.8. The highest BCUT2D eigenvalue weighted by molar-refractivity contribution is 5.90. The van der Waals surface area contributed by atoms with E-state index in [1.165, 1.54) is 18.5 Å². The maximum atomic E-state index is 12.8. The molecule has 0 aliphatic carbocycles. The Balaban J connectivity index is 1.32. The molecule has 3 aromatic rings. The van der Waals surface area contributed by atoms with Crippen molar-refractivity contribution in [2.24, 2.45) is 0 Å². The monoisotopic (exact) mass is 480 g/mol. The maximum Gasteiger partial charge on any atom is 0.262 e. The van der Waals surface area contributed by atoms with Crippen molar-refractivity contribution in [3.63, 3.8) is 0 Å². The second-order valence-corrected chi connectivity index (χ2v) is 9.13. The molecule has 4 rings (SSSR count). The second-order valence-electron chi connectivity index (χ2n) is 9.13. The molecule has 0 radical (unpaired) electrons. The average Bonchev–Trinajstić information content (AvgIpc) is 3.27. The van der Waals surface area contributed by atoms with Crippen LogP contribution in [0.15, 0.2) is 35.3 Å². The minimum Gasteiger partial charge on any atom is -0.497 e. The third-order valence-corrected chi connectivity index (χ3v) is 6.59. The van der Waals surface area contributed by atoms with Crippen LogP contribution in [0, 0.1) is 0 Å². The second kappa shape index (κ2) is 11.9. The fourth-order valence-corrected chi connectivity index (χ4v) is 4.57. The molecule has 1 fully saturated rings. The van der Waals surface area contributed by atoms with E-state index in [0.717, 1.165) is 56.8 Å². The number of carbonyl (C=O) groups excluding carboxylic acids is 1. The topological polar surface area (TPSA) is 106 Å². The number of methoxy groups -OCH3 is 1. The van der Waals surface area contributed by atoms with E-state index in [0.29, 0.717) is 24.0 Å². The van der Waals surface area contributed by atoms with E-state index in [1.54, 1.807) is 7.11 Å². The van der Waals surface area contributed by atoms with Gasteiger partial charge in [0, 0.05) is 51.0 Å². The van der Waals surface area contributed by atoms with Crippen molar-refractivity contribution in [1.29, 1.82) is 0 Å². The van der Waals surface area contributed by atoms with Gasteiger partial charge in [-0.3, -0.25) is 24.8 Å². The standard InChI is InChI=1S/C26H36N6O3/c1-3-4-5-6-7-8-22(33)28-26-29-24-23(25(34)30-26)19(17-27-24)18-31-13-15-32(16-14-31)20-9-11-21(35-2)12-10-20/h9-12,17H,3-8,13-16,18H2,1-2H3,(H3,27,28,29,30,33,34). The zero-order valence-electron chi connectivity index (χ0n) is 20.7. The first-order chi connectivity index (χ1) is 17.1. The number of nitrogens with zero attached hydrogens (tertiary/aromatic N) is 3. The van der Waals surface area contributed by atoms with Crippen LogP contribution < -0.4 is 20.5 Å². The van der Waals surface area contributed by atoms with Gasteiger partial charge in [0.1, 0.15) is 11.4 Å². The summed E-state index contributed by atoms with van der Waals surface area (Å²) < 4.78 is 5.25. The molecule has 0 atom stereocenters. The molecular formula is C26H36N6O3. The number of unbranched alkanes of at least 4 members (excludes halogenated alkanes) is 4. The Morgan fingerprint density at radius 2 is 1.83 bits per heavy atom. The summed E-state index contributed by atoms with van der Waals surface area (Å²) in [5.74, 6) is 0.934. The van der Waals surface area contributed by atoms with Crippen molar-refractivity contribution >= 4 is 28.6 Å². The van der Waals surface area contributed by atoms with Crippen LogP contribution in [0.25, 0.3) is 11.0 Å². The zero-order valence-corrected chi connectivity index (χ0v) is 20.7. The van der Waals surface area contributed by atoms with Gasteiger partial charge in [-0.25, -0.2) is 0 Å². The number of aromatic amines is 2. The number of piperazine rings is 1. The van der Waals surface area contributed by atoms with Crippen LogP contribution in [0.5, 0.6) is 5.75 Å². The van der Waals surface area contributed by atoms with Crippen LogP contribution >= 0.6 is 0 Å². The van der Waals surface area contributed by atoms with Crippen LogP contribution in [0.2, 0.25) is 0 Å². The van der Waals surface area contributed by atoms with E-state index in [9.17, 15) is 9.59 Å². The van der Waals surface area contributed by atoms with Gasteiger partial charge >= 0.3 is 0 Å². The molecule has 35 heavy (non-hydrogen) atoms. The van der Waals surface area contributed by atoms with E-state index < -0.39 is 0 Å². The normalized spacial score (nSPS) is 14.4. The molecule has 3 N–H and O–H groups in total. The first-order valence-electron chi connectivity index (χ1n) is 12.6. The SMILES string of the molecule is CCCCCCCC(=O)Nc1nc2[nH]cc(CN3CCN(c4ccc(OC)cc4)CC3)c2c(=O)[nH]1. The van der Waals surface area contributed by atoms with E-state index in [1.807, 2.05) is 18.3 Å². The van der Waals surface area contributed by atoms with Gasteiger partial charge in [0.2, 0.25) is 11.9 Å². The summed E-state index contributed by atoms with van der Waals surface area (Å²) in [6.45, 7) is 6.47. The van der Waals surface area contributed by atoms with Gasteiger partial charge in [0.25, 0.3) is 5.56 Å². The Labute approximate surface area is 205 Å². The van der Waals surface area contributed by atoms with Gasteiger partial charge in [-0.1, -0.05) is 32.6 Å². The number of nitrogens with one attached hydrogen (secondary N) is 3. The average molecular weight is 481 g/mol. The highest BCUT2D eigenvalue weighted by Gasteiger charge is 2.20. The number of hydrogen-bond acceptors (Lipinski definition) is 6. The van der Waals surface area contributed by atoms with Gasteiger partial charge in [0.15, 0.2) is 0 Å². The summed E-state index contributed by atoms with van der Waals surface area (Å²) in [5, 5.41) is 3.29. The Morgan fingerprint density at radius 1 is 1.09 bits per heavy atom. The van der Waals surface area contributed by atoms with Crippen LogP contribution in [0.3, 0.4) is 0 Å². The molecule has 3 heterocycles. The smallest absolute Gasteiger partial charge is 0.262 e. The number of H-pyrrole nitrogens is 2. The zero-order chi connectivity index (χ0) is 24.6. The molecule has 1 aromatic carbocycles. The van der Waals surface area contributed by atoms with Crippen LogP contribution in [-0.2, 0) is 11.3 Å². The lowest BCUT2D eigenvalue weighted by Gasteiger charge is -2.36. The van der Waals surface area contributed by atoms with Gasteiger partial charge in [-0.2, -0.15) is 4.98 Å². The summed E-state index contributed by atoms with van der Waals surface area (Å²) >= 11 is 0. The molecule has 1 aliphatic rings. The Bertz CT molecular complexity index is 1160. The molecular weight excluding hydrogens is 444 g/mol. The minimum absolute atomic E-state index is 0.120. The molecule has 1 amide bonds. The minimum atomic E-state index is -0.235. The molecule has 0 bridgehead atoms. The Kier molecular flexibility index (Phi) is 8.41. The quantitative estimate of drug-likeness (QED) is 0.360. The number of ether oxygens (including phenoxy) is 1. The number of aromatic nitrogens is 3. The molecule has 0 unspecified atom stereocenters. The summed E-state index contributed by atoms with van der Waals surface area (Å²) in [4.78, 5) is 40.0. The highest BCUT2D eigenvalue weighted by Crippen LogP contribution is 2.22. The lowest BCUT2D eigenvalue weighted by Crippen LogP contribution is -2.46. The van der Waals surface area contributed by atoms with Crippen molar-refractivity contribution in [1.82, 2.24) is 19.9 Å². The van der Waals surface area contributed by atoms with Crippen molar-refractivity contribution in [3.8, 4) is 5.75 Å². The fourth-order valence-electron chi connectivity index (χ4n) is 4.57. The number of fused-ring (bicyclic) bond motifs is 1. The van der Waals surface area contributed by atoms with Gasteiger partial charge in [0.05, 0.1) is 12.5 Å². The number of benzene rings is 1. The number of hydrogen-bond donors (Lipinski definition) is 3. The molecule has 188 valence electrons. The molecule has 0 saturated carbocycles. The van der Waals surface area contributed by atoms with Crippen molar-refractivity contribution in [2.45, 2.75) is 52.0 Å². The molecule has 2 aromatic heterocycles. The van der Waals surface area contributed by atoms with Gasteiger partial charge < -0.3 is 14.6 Å². The third-order valence-electron chi connectivity index (χ3n) is 6.59. The van der Waals surface area contributed by atoms with E-state index in [-0.39, 0.29) is 17.4 Å². The number of amides is 1. The largest absolute Gasteiger partial charge is 0.497 e. The summed E-state index contributed by atoms with van der Waals surface area (Å²) in [6, 6.07) is 8.14. The van der Waals surface area contributed by atoms with Crippen LogP contribution in [0.4, 0.5) is 11.6 Å². The number of carbonyl (C=O) groups is 1. The van der Waals surface area contributed by atoms with E-state index in [2.05, 4.69) is 49.1 Å². The number of rotatable bonds is 11. The predicted octanol–water partition coefficient (Wildman–Crippen LogP) is 3.88. The molecule has 9 heteroatoms. The van der Waals surface area contributed by atoms with E-state index >= 15 is 0 Å². The number of anilines is 2. The Morgan fingerprint density at radius 3 is 2.54 bits per heavy atom. The summed E-state index contributed by atoms with van der Waals surface area (Å²) in [5.41, 5.74) is 2.37.